The second-order valence-corrected chi connectivity index (χ2v) is 11.5. The molecule has 1 aliphatic rings. The number of amides is 2. The van der Waals surface area contributed by atoms with Crippen LogP contribution in [0.5, 0.6) is 17.2 Å². The summed E-state index contributed by atoms with van der Waals surface area (Å²) < 4.78 is 68.1. The lowest BCUT2D eigenvalue weighted by atomic mass is 9.75. The monoisotopic (exact) mass is 619 g/mol. The van der Waals surface area contributed by atoms with Gasteiger partial charge in [0.25, 0.3) is 5.91 Å². The summed E-state index contributed by atoms with van der Waals surface area (Å²) >= 11 is 0. The molecule has 1 unspecified atom stereocenters. The number of alkyl halides is 2. The van der Waals surface area contributed by atoms with Crippen LogP contribution in [0.15, 0.2) is 40.8 Å². The van der Waals surface area contributed by atoms with E-state index in [9.17, 15) is 22.8 Å². The van der Waals surface area contributed by atoms with Crippen molar-refractivity contribution in [3.05, 3.63) is 59.2 Å². The van der Waals surface area contributed by atoms with Crippen LogP contribution in [0.3, 0.4) is 0 Å². The number of nitrogens with two attached hydrogens (primary N) is 1. The Morgan fingerprint density at radius 2 is 1.84 bits per heavy atom. The average Bonchev–Trinajstić information content (AvgIpc) is 3.67. The maximum Gasteiger partial charge on any atom is 0.405 e. The van der Waals surface area contributed by atoms with Crippen LogP contribution in [0, 0.1) is 17.2 Å². The van der Waals surface area contributed by atoms with Crippen molar-refractivity contribution in [2.75, 3.05) is 13.2 Å². The number of hydrogen-bond acceptors (Lipinski definition) is 8. The number of ether oxygens (including phenoxy) is 4. The fourth-order valence-corrected chi connectivity index (χ4v) is 4.39. The normalized spacial score (nSPS) is 14.6. The number of para-hydroxylation sites is 1. The molecular weight excluding hydrogens is 583 g/mol. The highest BCUT2D eigenvalue weighted by Gasteiger charge is 2.48. The molecule has 0 aliphatic heterocycles. The number of aromatic nitrogens is 1. The third kappa shape index (κ3) is 7.37. The molecule has 238 valence electrons. The minimum Gasteiger partial charge on any atom is -0.490 e. The molecule has 10 nitrogen and oxygen atoms in total. The zero-order valence-electron chi connectivity index (χ0n) is 25.2. The molecule has 44 heavy (non-hydrogen) atoms. The van der Waals surface area contributed by atoms with E-state index >= 15 is 0 Å². The predicted molar refractivity (Wildman–Crippen MR) is 153 cm³/mol. The van der Waals surface area contributed by atoms with Crippen molar-refractivity contribution in [1.82, 2.24) is 10.3 Å². The number of nitrogens with one attached hydrogen (secondary N) is 1. The molecule has 1 atom stereocenters. The maximum atomic E-state index is 14.4. The lowest BCUT2D eigenvalue weighted by molar-refractivity contribution is -0.0710. The van der Waals surface area contributed by atoms with E-state index in [2.05, 4.69) is 15.0 Å². The van der Waals surface area contributed by atoms with Crippen LogP contribution < -0.4 is 25.3 Å². The molecule has 1 aliphatic carbocycles. The van der Waals surface area contributed by atoms with Crippen molar-refractivity contribution < 1.29 is 46.1 Å². The van der Waals surface area contributed by atoms with Gasteiger partial charge in [-0.15, -0.1) is 0 Å². The smallest absolute Gasteiger partial charge is 0.405 e. The molecule has 3 aromatic rings. The molecule has 0 saturated heterocycles. The Labute approximate surface area is 253 Å². The average molecular weight is 620 g/mol. The molecule has 0 spiro atoms. The predicted octanol–water partition coefficient (Wildman–Crippen LogP) is 6.56. The number of carbonyl (C=O) groups is 2. The molecule has 0 bridgehead atoms. The van der Waals surface area contributed by atoms with Gasteiger partial charge in [-0.3, -0.25) is 4.79 Å². The molecule has 3 N–H and O–H groups in total. The van der Waals surface area contributed by atoms with Gasteiger partial charge in [-0.1, -0.05) is 26.8 Å². The van der Waals surface area contributed by atoms with Crippen LogP contribution >= 0.6 is 0 Å². The van der Waals surface area contributed by atoms with Crippen molar-refractivity contribution in [2.24, 2.45) is 17.1 Å². The summed E-state index contributed by atoms with van der Waals surface area (Å²) in [7, 11) is 0. The zero-order chi connectivity index (χ0) is 32.2. The third-order valence-corrected chi connectivity index (χ3v) is 7.36. The molecule has 2 aromatic carbocycles. The number of halogens is 3. The Morgan fingerprint density at radius 3 is 2.45 bits per heavy atom. The maximum absolute atomic E-state index is 14.4. The summed E-state index contributed by atoms with van der Waals surface area (Å²) in [4.78, 5) is 29.8. The van der Waals surface area contributed by atoms with Crippen molar-refractivity contribution in [1.29, 1.82) is 0 Å². The van der Waals surface area contributed by atoms with Gasteiger partial charge in [-0.05, 0) is 62.9 Å². The van der Waals surface area contributed by atoms with Gasteiger partial charge < -0.3 is 34.4 Å². The second kappa shape index (κ2) is 13.1. The van der Waals surface area contributed by atoms with Crippen LogP contribution in [0.25, 0.3) is 11.5 Å². The van der Waals surface area contributed by atoms with Crippen molar-refractivity contribution in [3.8, 4) is 28.7 Å². The van der Waals surface area contributed by atoms with E-state index in [1.54, 1.807) is 34.6 Å². The van der Waals surface area contributed by atoms with E-state index in [1.165, 1.54) is 36.4 Å². The molecular formula is C31H36F3N3O7. The number of primary amides is 1. The van der Waals surface area contributed by atoms with Gasteiger partial charge in [0, 0.05) is 11.0 Å². The number of hydrogen-bond donors (Lipinski definition) is 2. The Kier molecular flexibility index (Phi) is 9.65. The lowest BCUT2D eigenvalue weighted by Gasteiger charge is -2.39. The van der Waals surface area contributed by atoms with Gasteiger partial charge >= 0.3 is 12.7 Å². The SMILES string of the molecule is CCOc1c(F)cccc1C(=O)NCc1nc(-c2ccc(OC(F)F)c(OCC3CC3)c2)oc1C(C)(OC(N)=O)C(C)(C)C. The van der Waals surface area contributed by atoms with E-state index < -0.39 is 35.4 Å². The summed E-state index contributed by atoms with van der Waals surface area (Å²) in [5.41, 5.74) is 3.65. The first-order valence-electron chi connectivity index (χ1n) is 14.1. The summed E-state index contributed by atoms with van der Waals surface area (Å²) in [5.74, 6) is -1.19. The summed E-state index contributed by atoms with van der Waals surface area (Å²) in [5, 5.41) is 2.70. The first-order valence-corrected chi connectivity index (χ1v) is 14.1. The quantitative estimate of drug-likeness (QED) is 0.220. The fourth-order valence-electron chi connectivity index (χ4n) is 4.39. The van der Waals surface area contributed by atoms with Crippen LogP contribution in [-0.2, 0) is 16.9 Å². The van der Waals surface area contributed by atoms with Crippen LogP contribution in [0.2, 0.25) is 0 Å². The Hall–Kier alpha value is -4.42. The molecule has 1 saturated carbocycles. The molecule has 13 heteroatoms. The fraction of sp³-hybridized carbons (Fsp3) is 0.452. The molecule has 0 radical (unpaired) electrons. The highest BCUT2D eigenvalue weighted by atomic mass is 19.3. The summed E-state index contributed by atoms with van der Waals surface area (Å²) in [6, 6.07) is 8.22. The minimum absolute atomic E-state index is 0.0217. The van der Waals surface area contributed by atoms with Crippen molar-refractivity contribution in [2.45, 2.75) is 66.2 Å². The number of benzene rings is 2. The molecule has 2 amide bonds. The van der Waals surface area contributed by atoms with Crippen molar-refractivity contribution in [3.63, 3.8) is 0 Å². The highest BCUT2D eigenvalue weighted by molar-refractivity contribution is 5.97. The summed E-state index contributed by atoms with van der Waals surface area (Å²) in [6.45, 7) is 5.81. The minimum atomic E-state index is -3.06. The van der Waals surface area contributed by atoms with Gasteiger partial charge in [0.2, 0.25) is 5.89 Å². The van der Waals surface area contributed by atoms with E-state index in [4.69, 9.17) is 24.4 Å². The first-order chi connectivity index (χ1) is 20.7. The molecule has 1 heterocycles. The highest BCUT2D eigenvalue weighted by Crippen LogP contribution is 2.46. The van der Waals surface area contributed by atoms with E-state index in [-0.39, 0.29) is 53.3 Å². The Balaban J connectivity index is 1.75. The molecule has 1 aromatic heterocycles. The van der Waals surface area contributed by atoms with Gasteiger partial charge in [-0.25, -0.2) is 14.2 Å². The zero-order valence-corrected chi connectivity index (χ0v) is 25.2. The van der Waals surface area contributed by atoms with E-state index in [1.807, 2.05) is 0 Å². The van der Waals surface area contributed by atoms with Gasteiger partial charge in [0.1, 0.15) is 5.69 Å². The third-order valence-electron chi connectivity index (χ3n) is 7.36. The topological polar surface area (TPSA) is 135 Å². The second-order valence-electron chi connectivity index (χ2n) is 11.5. The number of oxazole rings is 1. The van der Waals surface area contributed by atoms with Gasteiger partial charge in [-0.2, -0.15) is 8.78 Å². The first kappa shape index (κ1) is 32.5. The number of carbonyl (C=O) groups excluding carboxylic acids is 2. The van der Waals surface area contributed by atoms with E-state index in [0.717, 1.165) is 12.8 Å². The van der Waals surface area contributed by atoms with E-state index in [0.29, 0.717) is 18.1 Å². The van der Waals surface area contributed by atoms with Crippen LogP contribution in [-0.4, -0.2) is 36.8 Å². The molecule has 4 rings (SSSR count). The Bertz CT molecular complexity index is 1500. The largest absolute Gasteiger partial charge is 0.490 e. The molecule has 1 fully saturated rings. The van der Waals surface area contributed by atoms with Gasteiger partial charge in [0.15, 0.2) is 34.4 Å². The lowest BCUT2D eigenvalue weighted by Crippen LogP contribution is -2.43. The number of nitrogens with zero attached hydrogens (tertiary/aromatic N) is 1. The number of rotatable bonds is 13. The standard InChI is InChI=1S/C31H36F3N3O7/c1-6-40-24-19(8-7-9-20(24)32)26(38)36-15-21-25(31(5,30(2,3)4)44-29(35)39)43-27(37-21)18-12-13-22(42-28(33)34)23(14-18)41-16-17-10-11-17/h7-9,12-14,17,28H,6,10-11,15-16H2,1-5H3,(H2,35,39)(H,36,38). The Morgan fingerprint density at radius 1 is 1.11 bits per heavy atom. The van der Waals surface area contributed by atoms with Gasteiger partial charge in [0.05, 0.1) is 25.3 Å². The van der Waals surface area contributed by atoms with Crippen LogP contribution in [0.4, 0.5) is 18.0 Å². The summed E-state index contributed by atoms with van der Waals surface area (Å²) in [6.07, 6.45) is 0.895. The van der Waals surface area contributed by atoms with Crippen LogP contribution in [0.1, 0.15) is 69.3 Å². The van der Waals surface area contributed by atoms with Crippen molar-refractivity contribution >= 4 is 12.0 Å².